The van der Waals surface area contributed by atoms with Gasteiger partial charge < -0.3 is 20.1 Å². The maximum Gasteiger partial charge on any atom is 0.339 e. The smallest absolute Gasteiger partial charge is 0.339 e. The number of halogens is 1. The number of amides is 1. The lowest BCUT2D eigenvalue weighted by molar-refractivity contribution is 0.0693. The van der Waals surface area contributed by atoms with E-state index in [2.05, 4.69) is 39.4 Å². The Labute approximate surface area is 238 Å². The third-order valence-corrected chi connectivity index (χ3v) is 7.30. The molecule has 4 aromatic carbocycles. The van der Waals surface area contributed by atoms with Crippen molar-refractivity contribution in [2.75, 3.05) is 38.1 Å². The minimum atomic E-state index is -1.08. The molecule has 1 heterocycles. The number of hydrogen-bond donors (Lipinski definition) is 2. The Bertz CT molecular complexity index is 1520. The fourth-order valence-corrected chi connectivity index (χ4v) is 5.04. The zero-order valence-electron chi connectivity index (χ0n) is 22.1. The average Bonchev–Trinajstić information content (AvgIpc) is 2.98. The first kappa shape index (κ1) is 27.2. The summed E-state index contributed by atoms with van der Waals surface area (Å²) in [4.78, 5) is 28.6. The molecule has 0 unspecified atom stereocenters. The molecule has 7 nitrogen and oxygen atoms in total. The third-order valence-electron chi connectivity index (χ3n) is 7.05. The van der Waals surface area contributed by atoms with Crippen LogP contribution in [-0.4, -0.2) is 55.1 Å². The molecule has 0 aromatic heterocycles. The lowest BCUT2D eigenvalue weighted by Crippen LogP contribution is -2.46. The molecule has 204 valence electrons. The Hall–Kier alpha value is -4.33. The molecule has 40 heavy (non-hydrogen) atoms. The summed E-state index contributed by atoms with van der Waals surface area (Å²) in [6.07, 6.45) is 0. The standard InChI is InChI=1S/C32H30ClN3O4/c1-34-31(37)23-6-4-7-27(19-23)40-30-20-26(13-14-29(30)32(38)39)36-17-15-35(16-18-36)21-24-5-2-3-8-28(24)22-9-11-25(33)12-10-22/h2-14,19-20H,15-18,21H2,1H3,(H,34,37)(H,38,39). The van der Waals surface area contributed by atoms with Crippen LogP contribution in [0.4, 0.5) is 5.69 Å². The van der Waals surface area contributed by atoms with Crippen LogP contribution in [0.2, 0.25) is 5.02 Å². The number of aromatic carboxylic acids is 1. The molecule has 1 saturated heterocycles. The Morgan fingerprint density at radius 2 is 1.65 bits per heavy atom. The lowest BCUT2D eigenvalue weighted by Gasteiger charge is -2.36. The maximum atomic E-state index is 12.0. The zero-order valence-corrected chi connectivity index (χ0v) is 22.9. The monoisotopic (exact) mass is 555 g/mol. The van der Waals surface area contributed by atoms with Gasteiger partial charge in [-0.25, -0.2) is 4.79 Å². The molecule has 1 aliphatic rings. The highest BCUT2D eigenvalue weighted by atomic mass is 35.5. The summed E-state index contributed by atoms with van der Waals surface area (Å²) in [6.45, 7) is 4.14. The third kappa shape index (κ3) is 6.28. The van der Waals surface area contributed by atoms with E-state index in [4.69, 9.17) is 16.3 Å². The number of nitrogens with zero attached hydrogens (tertiary/aromatic N) is 2. The Morgan fingerprint density at radius 1 is 0.900 bits per heavy atom. The van der Waals surface area contributed by atoms with Crippen molar-refractivity contribution in [3.63, 3.8) is 0 Å². The lowest BCUT2D eigenvalue weighted by atomic mass is 9.99. The molecule has 4 aromatic rings. The Morgan fingerprint density at radius 3 is 2.38 bits per heavy atom. The molecule has 1 aliphatic heterocycles. The number of piperazine rings is 1. The number of hydrogen-bond acceptors (Lipinski definition) is 5. The molecule has 2 N–H and O–H groups in total. The van der Waals surface area contributed by atoms with E-state index in [1.165, 1.54) is 11.1 Å². The highest BCUT2D eigenvalue weighted by molar-refractivity contribution is 6.30. The van der Waals surface area contributed by atoms with Gasteiger partial charge >= 0.3 is 5.97 Å². The topological polar surface area (TPSA) is 82.1 Å². The molecule has 8 heteroatoms. The molecule has 0 atom stereocenters. The summed E-state index contributed by atoms with van der Waals surface area (Å²) >= 11 is 6.09. The Balaban J connectivity index is 1.29. The van der Waals surface area contributed by atoms with Crippen LogP contribution in [-0.2, 0) is 6.54 Å². The highest BCUT2D eigenvalue weighted by Gasteiger charge is 2.21. The number of carbonyl (C=O) groups excluding carboxylic acids is 1. The first-order chi connectivity index (χ1) is 19.4. The van der Waals surface area contributed by atoms with Crippen molar-refractivity contribution in [3.8, 4) is 22.6 Å². The van der Waals surface area contributed by atoms with E-state index in [9.17, 15) is 14.7 Å². The van der Waals surface area contributed by atoms with Crippen LogP contribution in [0.25, 0.3) is 11.1 Å². The predicted molar refractivity (Wildman–Crippen MR) is 158 cm³/mol. The fraction of sp³-hybridized carbons (Fsp3) is 0.188. The molecule has 0 spiro atoms. The normalized spacial score (nSPS) is 13.6. The van der Waals surface area contributed by atoms with Crippen molar-refractivity contribution in [1.82, 2.24) is 10.2 Å². The van der Waals surface area contributed by atoms with Gasteiger partial charge in [0, 0.05) is 62.1 Å². The largest absolute Gasteiger partial charge is 0.478 e. The number of nitrogens with one attached hydrogen (secondary N) is 1. The van der Waals surface area contributed by atoms with Crippen LogP contribution in [0, 0.1) is 0 Å². The first-order valence-electron chi connectivity index (χ1n) is 13.1. The number of anilines is 1. The van der Waals surface area contributed by atoms with E-state index in [-0.39, 0.29) is 17.2 Å². The minimum absolute atomic E-state index is 0.0616. The van der Waals surface area contributed by atoms with E-state index >= 15 is 0 Å². The van der Waals surface area contributed by atoms with Gasteiger partial charge in [-0.05, 0) is 59.2 Å². The Kier molecular flexibility index (Phi) is 8.34. The number of carbonyl (C=O) groups is 2. The van der Waals surface area contributed by atoms with Crippen LogP contribution in [0.1, 0.15) is 26.3 Å². The number of rotatable bonds is 8. The van der Waals surface area contributed by atoms with Crippen molar-refractivity contribution in [1.29, 1.82) is 0 Å². The van der Waals surface area contributed by atoms with Crippen molar-refractivity contribution >= 4 is 29.2 Å². The number of carboxylic acid groups (broad SMARTS) is 1. The van der Waals surface area contributed by atoms with Gasteiger partial charge in [0.2, 0.25) is 0 Å². The number of ether oxygens (including phenoxy) is 1. The molecule has 0 bridgehead atoms. The summed E-state index contributed by atoms with van der Waals surface area (Å²) in [7, 11) is 1.56. The second kappa shape index (κ2) is 12.2. The quantitative estimate of drug-likeness (QED) is 0.270. The molecule has 0 saturated carbocycles. The van der Waals surface area contributed by atoms with Gasteiger partial charge in [0.05, 0.1) is 0 Å². The van der Waals surface area contributed by atoms with E-state index in [1.54, 1.807) is 43.4 Å². The van der Waals surface area contributed by atoms with Crippen molar-refractivity contribution in [3.05, 3.63) is 113 Å². The molecule has 1 amide bonds. The zero-order chi connectivity index (χ0) is 28.1. The van der Waals surface area contributed by atoms with Gasteiger partial charge in [-0.2, -0.15) is 0 Å². The van der Waals surface area contributed by atoms with Gasteiger partial charge in [0.1, 0.15) is 17.1 Å². The van der Waals surface area contributed by atoms with Gasteiger partial charge in [-0.1, -0.05) is 54.1 Å². The molecular weight excluding hydrogens is 526 g/mol. The maximum absolute atomic E-state index is 12.0. The predicted octanol–water partition coefficient (Wildman–Crippen LogP) is 6.18. The molecule has 0 radical (unpaired) electrons. The van der Waals surface area contributed by atoms with Crippen molar-refractivity contribution < 1.29 is 19.4 Å². The minimum Gasteiger partial charge on any atom is -0.478 e. The van der Waals surface area contributed by atoms with Gasteiger partial charge in [0.25, 0.3) is 5.91 Å². The SMILES string of the molecule is CNC(=O)c1cccc(Oc2cc(N3CCN(Cc4ccccc4-c4ccc(Cl)cc4)CC3)ccc2C(=O)O)c1. The van der Waals surface area contributed by atoms with Gasteiger partial charge in [-0.15, -0.1) is 0 Å². The summed E-state index contributed by atoms with van der Waals surface area (Å²) < 4.78 is 5.99. The summed E-state index contributed by atoms with van der Waals surface area (Å²) in [5.74, 6) is -0.692. The van der Waals surface area contributed by atoms with E-state index in [0.29, 0.717) is 11.3 Å². The van der Waals surface area contributed by atoms with Crippen LogP contribution < -0.4 is 15.0 Å². The van der Waals surface area contributed by atoms with Crippen LogP contribution in [0.3, 0.4) is 0 Å². The average molecular weight is 556 g/mol. The van der Waals surface area contributed by atoms with Gasteiger partial charge in [-0.3, -0.25) is 9.69 Å². The summed E-state index contributed by atoms with van der Waals surface area (Å²) in [6, 6.07) is 28.2. The number of carboxylic acids is 1. The van der Waals surface area contributed by atoms with E-state index in [0.717, 1.165) is 49.0 Å². The molecule has 5 rings (SSSR count). The second-order valence-electron chi connectivity index (χ2n) is 9.62. The molecular formula is C32H30ClN3O4. The fourth-order valence-electron chi connectivity index (χ4n) is 4.92. The van der Waals surface area contributed by atoms with Crippen LogP contribution in [0.15, 0.2) is 91.0 Å². The molecule has 1 fully saturated rings. The van der Waals surface area contributed by atoms with Crippen LogP contribution >= 0.6 is 11.6 Å². The van der Waals surface area contributed by atoms with Crippen molar-refractivity contribution in [2.24, 2.45) is 0 Å². The van der Waals surface area contributed by atoms with Gasteiger partial charge in [0.15, 0.2) is 0 Å². The van der Waals surface area contributed by atoms with Crippen molar-refractivity contribution in [2.45, 2.75) is 6.54 Å². The molecule has 0 aliphatic carbocycles. The van der Waals surface area contributed by atoms with E-state index < -0.39 is 5.97 Å². The second-order valence-corrected chi connectivity index (χ2v) is 10.1. The summed E-state index contributed by atoms with van der Waals surface area (Å²) in [5, 5.41) is 13.1. The highest BCUT2D eigenvalue weighted by Crippen LogP contribution is 2.32. The summed E-state index contributed by atoms with van der Waals surface area (Å²) in [5.41, 5.74) is 4.99. The van der Waals surface area contributed by atoms with Crippen LogP contribution in [0.5, 0.6) is 11.5 Å². The van der Waals surface area contributed by atoms with E-state index in [1.807, 2.05) is 30.3 Å². The first-order valence-corrected chi connectivity index (χ1v) is 13.5. The number of benzene rings is 4.